The summed E-state index contributed by atoms with van der Waals surface area (Å²) in [6, 6.07) is 9.38. The van der Waals surface area contributed by atoms with Gasteiger partial charge in [-0.15, -0.1) is 0 Å². The molecule has 3 nitrogen and oxygen atoms in total. The summed E-state index contributed by atoms with van der Waals surface area (Å²) < 4.78 is 23.5. The molecule has 0 aromatic heterocycles. The van der Waals surface area contributed by atoms with Crippen molar-refractivity contribution in [2.45, 2.75) is 18.1 Å². The Balaban J connectivity index is 2.29. The molecule has 1 fully saturated rings. The van der Waals surface area contributed by atoms with E-state index in [9.17, 15) is 13.2 Å². The van der Waals surface area contributed by atoms with Gasteiger partial charge in [-0.3, -0.25) is 0 Å². The zero-order valence-corrected chi connectivity index (χ0v) is 9.85. The van der Waals surface area contributed by atoms with Crippen molar-refractivity contribution in [2.24, 2.45) is 5.92 Å². The third-order valence-electron chi connectivity index (χ3n) is 3.17. The van der Waals surface area contributed by atoms with Crippen molar-refractivity contribution in [3.05, 3.63) is 35.9 Å². The van der Waals surface area contributed by atoms with Crippen LogP contribution in [0.5, 0.6) is 0 Å². The van der Waals surface area contributed by atoms with Gasteiger partial charge in [0.1, 0.15) is 6.29 Å². The summed E-state index contributed by atoms with van der Waals surface area (Å²) in [4.78, 5) is 10.9. The molecule has 1 aliphatic rings. The predicted octanol–water partition coefficient (Wildman–Crippen LogP) is 1.40. The number of hydrogen-bond acceptors (Lipinski definition) is 3. The maximum atomic E-state index is 11.8. The Morgan fingerprint density at radius 2 is 1.88 bits per heavy atom. The van der Waals surface area contributed by atoms with Gasteiger partial charge in [0.2, 0.25) is 0 Å². The average molecular weight is 238 g/mol. The van der Waals surface area contributed by atoms with Gasteiger partial charge in [0.15, 0.2) is 9.84 Å². The molecule has 0 heterocycles. The van der Waals surface area contributed by atoms with Crippen LogP contribution in [-0.2, 0) is 14.6 Å². The first-order valence-corrected chi connectivity index (χ1v) is 7.05. The van der Waals surface area contributed by atoms with Gasteiger partial charge in [-0.2, -0.15) is 0 Å². The second-order valence-electron chi connectivity index (χ2n) is 4.07. The number of carbonyl (C=O) groups is 1. The van der Waals surface area contributed by atoms with Crippen molar-refractivity contribution in [3.63, 3.8) is 0 Å². The van der Waals surface area contributed by atoms with Crippen LogP contribution in [0.2, 0.25) is 0 Å². The smallest absolute Gasteiger partial charge is 0.154 e. The van der Waals surface area contributed by atoms with Crippen LogP contribution in [0.1, 0.15) is 18.4 Å². The monoisotopic (exact) mass is 238 g/mol. The molecule has 1 saturated carbocycles. The summed E-state index contributed by atoms with van der Waals surface area (Å²) in [5, 5.41) is -0.502. The van der Waals surface area contributed by atoms with Crippen molar-refractivity contribution < 1.29 is 13.2 Å². The highest BCUT2D eigenvalue weighted by molar-refractivity contribution is 7.92. The Bertz CT molecular complexity index is 478. The third kappa shape index (κ3) is 1.78. The third-order valence-corrected chi connectivity index (χ3v) is 5.41. The molecule has 0 N–H and O–H groups in total. The van der Waals surface area contributed by atoms with Crippen LogP contribution in [0.25, 0.3) is 0 Å². The van der Waals surface area contributed by atoms with Crippen LogP contribution in [0.15, 0.2) is 30.3 Å². The van der Waals surface area contributed by atoms with Crippen LogP contribution in [0.3, 0.4) is 0 Å². The Kier molecular flexibility index (Phi) is 2.84. The molecule has 0 bridgehead atoms. The Labute approximate surface area is 95.4 Å². The van der Waals surface area contributed by atoms with Crippen molar-refractivity contribution >= 4 is 16.1 Å². The second kappa shape index (κ2) is 4.01. The SMILES string of the molecule is CCS(=O)(=O)[C@@H]1[C@@H](C=O)[C@H]1c1ccccc1. The molecule has 86 valence electrons. The summed E-state index contributed by atoms with van der Waals surface area (Å²) >= 11 is 0. The van der Waals surface area contributed by atoms with Gasteiger partial charge in [0.05, 0.1) is 5.25 Å². The molecule has 1 aliphatic carbocycles. The van der Waals surface area contributed by atoms with Crippen LogP contribution in [-0.4, -0.2) is 25.7 Å². The second-order valence-corrected chi connectivity index (χ2v) is 6.51. The highest BCUT2D eigenvalue weighted by Gasteiger charge is 2.57. The van der Waals surface area contributed by atoms with Crippen LogP contribution in [0, 0.1) is 5.92 Å². The number of aldehydes is 1. The van der Waals surface area contributed by atoms with Gasteiger partial charge in [-0.1, -0.05) is 37.3 Å². The molecule has 0 saturated heterocycles. The number of rotatable bonds is 4. The van der Waals surface area contributed by atoms with Crippen molar-refractivity contribution in [1.82, 2.24) is 0 Å². The summed E-state index contributed by atoms with van der Waals surface area (Å²) in [6.45, 7) is 1.62. The van der Waals surface area contributed by atoms with Crippen molar-refractivity contribution in [2.75, 3.05) is 5.75 Å². The minimum Gasteiger partial charge on any atom is -0.303 e. The first kappa shape index (κ1) is 11.3. The molecule has 4 heteroatoms. The normalized spacial score (nSPS) is 28.7. The maximum Gasteiger partial charge on any atom is 0.154 e. The largest absolute Gasteiger partial charge is 0.303 e. The van der Waals surface area contributed by atoms with Crippen LogP contribution < -0.4 is 0 Å². The van der Waals surface area contributed by atoms with Gasteiger partial charge in [0.25, 0.3) is 0 Å². The minimum absolute atomic E-state index is 0.103. The average Bonchev–Trinajstić information content (AvgIpc) is 3.05. The fourth-order valence-corrected chi connectivity index (χ4v) is 4.00. The molecule has 0 unspecified atom stereocenters. The molecule has 1 aromatic carbocycles. The lowest BCUT2D eigenvalue weighted by molar-refractivity contribution is -0.108. The summed E-state index contributed by atoms with van der Waals surface area (Å²) in [5.74, 6) is -0.387. The Morgan fingerprint density at radius 3 is 2.38 bits per heavy atom. The van der Waals surface area contributed by atoms with Gasteiger partial charge in [-0.25, -0.2) is 8.42 Å². The number of benzene rings is 1. The van der Waals surface area contributed by atoms with Gasteiger partial charge in [0, 0.05) is 17.6 Å². The highest BCUT2D eigenvalue weighted by Crippen LogP contribution is 2.51. The van der Waals surface area contributed by atoms with E-state index < -0.39 is 15.1 Å². The fourth-order valence-electron chi connectivity index (χ4n) is 2.21. The first-order valence-electron chi connectivity index (χ1n) is 5.33. The minimum atomic E-state index is -3.11. The van der Waals surface area contributed by atoms with E-state index in [1.54, 1.807) is 6.92 Å². The maximum absolute atomic E-state index is 11.8. The molecule has 1 aromatic rings. The number of carbonyl (C=O) groups excluding carboxylic acids is 1. The molecule has 0 amide bonds. The lowest BCUT2D eigenvalue weighted by Gasteiger charge is -1.99. The number of sulfone groups is 1. The van der Waals surface area contributed by atoms with Crippen LogP contribution >= 0.6 is 0 Å². The van der Waals surface area contributed by atoms with E-state index in [4.69, 9.17) is 0 Å². The van der Waals surface area contributed by atoms with E-state index in [0.29, 0.717) is 0 Å². The molecule has 0 radical (unpaired) electrons. The zero-order chi connectivity index (χ0) is 11.8. The van der Waals surface area contributed by atoms with E-state index >= 15 is 0 Å². The van der Waals surface area contributed by atoms with Gasteiger partial charge in [-0.05, 0) is 5.56 Å². The topological polar surface area (TPSA) is 51.2 Å². The number of hydrogen-bond donors (Lipinski definition) is 0. The van der Waals surface area contributed by atoms with E-state index in [0.717, 1.165) is 11.8 Å². The van der Waals surface area contributed by atoms with E-state index in [2.05, 4.69) is 0 Å². The fraction of sp³-hybridized carbons (Fsp3) is 0.417. The van der Waals surface area contributed by atoms with E-state index in [1.807, 2.05) is 30.3 Å². The molecule has 2 rings (SSSR count). The quantitative estimate of drug-likeness (QED) is 0.745. The summed E-state index contributed by atoms with van der Waals surface area (Å²) in [6.07, 6.45) is 0.773. The lowest BCUT2D eigenvalue weighted by atomic mass is 10.1. The van der Waals surface area contributed by atoms with E-state index in [1.165, 1.54) is 0 Å². The molecule has 3 atom stereocenters. The van der Waals surface area contributed by atoms with Gasteiger partial charge >= 0.3 is 0 Å². The molecule has 0 aliphatic heterocycles. The van der Waals surface area contributed by atoms with Crippen molar-refractivity contribution in [1.29, 1.82) is 0 Å². The van der Waals surface area contributed by atoms with Crippen LogP contribution in [0.4, 0.5) is 0 Å². The molecule has 16 heavy (non-hydrogen) atoms. The van der Waals surface area contributed by atoms with Crippen molar-refractivity contribution in [3.8, 4) is 0 Å². The molecule has 0 spiro atoms. The zero-order valence-electron chi connectivity index (χ0n) is 9.04. The standard InChI is InChI=1S/C12H14O3S/c1-2-16(14,15)12-10(8-13)11(12)9-6-4-3-5-7-9/h3-8,10-12H,2H2,1H3/t10-,11+,12+/m0/s1. The van der Waals surface area contributed by atoms with E-state index in [-0.39, 0.29) is 17.6 Å². The van der Waals surface area contributed by atoms with Gasteiger partial charge < -0.3 is 4.79 Å². The summed E-state index contributed by atoms with van der Waals surface area (Å²) in [5.41, 5.74) is 0.946. The first-order chi connectivity index (χ1) is 7.61. The summed E-state index contributed by atoms with van der Waals surface area (Å²) in [7, 11) is -3.11. The highest BCUT2D eigenvalue weighted by atomic mass is 32.2. The predicted molar refractivity (Wildman–Crippen MR) is 62.0 cm³/mol. The molecular formula is C12H14O3S. The Hall–Kier alpha value is -1.16. The lowest BCUT2D eigenvalue weighted by Crippen LogP contribution is -2.12. The molecular weight excluding hydrogens is 224 g/mol. The Morgan fingerprint density at radius 1 is 1.25 bits per heavy atom.